The van der Waals surface area contributed by atoms with Crippen LogP contribution >= 0.6 is 23.7 Å². The Hall–Kier alpha value is -1.56. The van der Waals surface area contributed by atoms with Crippen molar-refractivity contribution in [1.82, 2.24) is 10.6 Å². The first-order chi connectivity index (χ1) is 10.5. The minimum Gasteiger partial charge on any atom is -0.497 e. The number of aryl methyl sites for hydroxylation is 1. The SMILES string of the molecule is CNC(C)CNC(=O)c1cc(-c2ccc(OC)cc2)c(C)s1.Cl. The molecule has 0 fully saturated rings. The fraction of sp³-hybridized carbons (Fsp3) is 0.353. The Morgan fingerprint density at radius 2 is 1.96 bits per heavy atom. The van der Waals surface area contributed by atoms with Crippen LogP contribution in [0.1, 0.15) is 21.5 Å². The molecule has 1 aromatic carbocycles. The maximum Gasteiger partial charge on any atom is 0.261 e. The number of hydrogen-bond acceptors (Lipinski definition) is 4. The minimum absolute atomic E-state index is 0. The van der Waals surface area contributed by atoms with Crippen LogP contribution in [0.4, 0.5) is 0 Å². The number of amides is 1. The highest BCUT2D eigenvalue weighted by Crippen LogP contribution is 2.31. The summed E-state index contributed by atoms with van der Waals surface area (Å²) >= 11 is 1.52. The van der Waals surface area contributed by atoms with Gasteiger partial charge in [-0.15, -0.1) is 23.7 Å². The predicted molar refractivity (Wildman–Crippen MR) is 99.1 cm³/mol. The highest BCUT2D eigenvalue weighted by molar-refractivity contribution is 7.14. The smallest absolute Gasteiger partial charge is 0.261 e. The van der Waals surface area contributed by atoms with Gasteiger partial charge in [0.25, 0.3) is 5.91 Å². The number of carbonyl (C=O) groups excluding carboxylic acids is 1. The van der Waals surface area contributed by atoms with E-state index in [9.17, 15) is 4.79 Å². The van der Waals surface area contributed by atoms with Crippen molar-refractivity contribution in [1.29, 1.82) is 0 Å². The molecule has 0 saturated carbocycles. The molecule has 2 aromatic rings. The standard InChI is InChI=1S/C17H22N2O2S.ClH/c1-11(18-3)10-19-17(20)16-9-15(12(2)22-16)13-5-7-14(21-4)8-6-13;/h5-9,11,18H,10H2,1-4H3,(H,19,20);1H. The second kappa shape index (κ2) is 8.91. The predicted octanol–water partition coefficient (Wildman–Crippen LogP) is 3.49. The van der Waals surface area contributed by atoms with E-state index in [-0.39, 0.29) is 24.4 Å². The van der Waals surface area contributed by atoms with E-state index in [0.29, 0.717) is 6.54 Å². The van der Waals surface area contributed by atoms with Crippen LogP contribution in [0.3, 0.4) is 0 Å². The van der Waals surface area contributed by atoms with Gasteiger partial charge in [-0.05, 0) is 50.2 Å². The Morgan fingerprint density at radius 1 is 1.30 bits per heavy atom. The molecule has 0 bridgehead atoms. The molecule has 2 rings (SSSR count). The van der Waals surface area contributed by atoms with E-state index in [1.165, 1.54) is 11.3 Å². The Morgan fingerprint density at radius 3 is 2.52 bits per heavy atom. The van der Waals surface area contributed by atoms with Gasteiger partial charge in [0, 0.05) is 17.5 Å². The summed E-state index contributed by atoms with van der Waals surface area (Å²) in [6, 6.07) is 10.1. The van der Waals surface area contributed by atoms with E-state index in [2.05, 4.69) is 10.6 Å². The first kappa shape index (κ1) is 19.5. The molecule has 0 saturated heterocycles. The molecule has 1 amide bonds. The number of benzene rings is 1. The maximum atomic E-state index is 12.2. The summed E-state index contributed by atoms with van der Waals surface area (Å²) in [4.78, 5) is 14.1. The number of likely N-dealkylation sites (N-methyl/N-ethyl adjacent to an activating group) is 1. The third-order valence-electron chi connectivity index (χ3n) is 3.60. The minimum atomic E-state index is -0.0186. The summed E-state index contributed by atoms with van der Waals surface area (Å²) in [7, 11) is 3.54. The number of rotatable bonds is 6. The van der Waals surface area contributed by atoms with E-state index in [1.54, 1.807) is 7.11 Å². The highest BCUT2D eigenvalue weighted by atomic mass is 35.5. The van der Waals surface area contributed by atoms with Crippen molar-refractivity contribution in [2.24, 2.45) is 0 Å². The van der Waals surface area contributed by atoms with Gasteiger partial charge >= 0.3 is 0 Å². The summed E-state index contributed by atoms with van der Waals surface area (Å²) in [6.45, 7) is 4.68. The fourth-order valence-corrected chi connectivity index (χ4v) is 3.04. The number of halogens is 1. The maximum absolute atomic E-state index is 12.2. The monoisotopic (exact) mass is 354 g/mol. The molecule has 0 radical (unpaired) electrons. The molecular formula is C17H23ClN2O2S. The lowest BCUT2D eigenvalue weighted by Crippen LogP contribution is -2.36. The zero-order chi connectivity index (χ0) is 16.1. The highest BCUT2D eigenvalue weighted by Gasteiger charge is 2.14. The molecule has 0 aliphatic carbocycles. The molecule has 0 aliphatic heterocycles. The topological polar surface area (TPSA) is 50.4 Å². The lowest BCUT2D eigenvalue weighted by Gasteiger charge is -2.10. The van der Waals surface area contributed by atoms with E-state index in [0.717, 1.165) is 26.6 Å². The lowest BCUT2D eigenvalue weighted by molar-refractivity contribution is 0.0954. The second-order valence-electron chi connectivity index (χ2n) is 5.21. The second-order valence-corrected chi connectivity index (χ2v) is 6.47. The number of ether oxygens (including phenoxy) is 1. The van der Waals surface area contributed by atoms with Crippen LogP contribution in [0.2, 0.25) is 0 Å². The molecule has 6 heteroatoms. The fourth-order valence-electron chi connectivity index (χ4n) is 2.09. The molecule has 0 aliphatic rings. The molecule has 126 valence electrons. The van der Waals surface area contributed by atoms with Crippen LogP contribution < -0.4 is 15.4 Å². The van der Waals surface area contributed by atoms with Crippen molar-refractivity contribution in [2.45, 2.75) is 19.9 Å². The first-order valence-electron chi connectivity index (χ1n) is 7.25. The number of thiophene rings is 1. The van der Waals surface area contributed by atoms with E-state index in [4.69, 9.17) is 4.74 Å². The lowest BCUT2D eigenvalue weighted by atomic mass is 10.1. The number of hydrogen-bond donors (Lipinski definition) is 2. The Kier molecular flexibility index (Phi) is 7.55. The van der Waals surface area contributed by atoms with Gasteiger partial charge in [-0.2, -0.15) is 0 Å². The number of carbonyl (C=O) groups is 1. The molecule has 1 heterocycles. The third-order valence-corrected chi connectivity index (χ3v) is 4.65. The van der Waals surface area contributed by atoms with Crippen LogP contribution in [-0.4, -0.2) is 32.7 Å². The third kappa shape index (κ3) is 4.96. The summed E-state index contributed by atoms with van der Waals surface area (Å²) in [5.41, 5.74) is 2.19. The quantitative estimate of drug-likeness (QED) is 0.834. The first-order valence-corrected chi connectivity index (χ1v) is 8.07. The zero-order valence-electron chi connectivity index (χ0n) is 13.8. The van der Waals surface area contributed by atoms with Crippen LogP contribution in [0.25, 0.3) is 11.1 Å². The van der Waals surface area contributed by atoms with Gasteiger partial charge in [0.15, 0.2) is 0 Å². The average Bonchev–Trinajstić information content (AvgIpc) is 2.94. The van der Waals surface area contributed by atoms with Gasteiger partial charge in [0.1, 0.15) is 5.75 Å². The van der Waals surface area contributed by atoms with Gasteiger partial charge < -0.3 is 15.4 Å². The van der Waals surface area contributed by atoms with Crippen molar-refractivity contribution in [3.05, 3.63) is 40.1 Å². The molecule has 1 unspecified atom stereocenters. The summed E-state index contributed by atoms with van der Waals surface area (Å²) in [5.74, 6) is 0.811. The molecule has 23 heavy (non-hydrogen) atoms. The van der Waals surface area contributed by atoms with Crippen molar-refractivity contribution in [3.63, 3.8) is 0 Å². The van der Waals surface area contributed by atoms with Crippen LogP contribution in [0.5, 0.6) is 5.75 Å². The van der Waals surface area contributed by atoms with E-state index < -0.39 is 0 Å². The number of nitrogens with one attached hydrogen (secondary N) is 2. The van der Waals surface area contributed by atoms with Crippen LogP contribution in [-0.2, 0) is 0 Å². The summed E-state index contributed by atoms with van der Waals surface area (Å²) < 4.78 is 5.18. The summed E-state index contributed by atoms with van der Waals surface area (Å²) in [6.07, 6.45) is 0. The Labute approximate surface area is 147 Å². The molecule has 1 aromatic heterocycles. The van der Waals surface area contributed by atoms with Gasteiger partial charge in [-0.1, -0.05) is 12.1 Å². The molecule has 4 nitrogen and oxygen atoms in total. The van der Waals surface area contributed by atoms with Gasteiger partial charge in [-0.25, -0.2) is 0 Å². The average molecular weight is 355 g/mol. The van der Waals surface area contributed by atoms with Crippen LogP contribution in [0, 0.1) is 6.92 Å². The normalized spacial score (nSPS) is 11.5. The van der Waals surface area contributed by atoms with Gasteiger partial charge in [-0.3, -0.25) is 4.79 Å². The van der Waals surface area contributed by atoms with E-state index >= 15 is 0 Å². The van der Waals surface area contributed by atoms with Crippen molar-refractivity contribution < 1.29 is 9.53 Å². The number of methoxy groups -OCH3 is 1. The Bertz CT molecular complexity index is 641. The molecule has 1 atom stereocenters. The van der Waals surface area contributed by atoms with Crippen LogP contribution in [0.15, 0.2) is 30.3 Å². The van der Waals surface area contributed by atoms with Crippen molar-refractivity contribution in [3.8, 4) is 16.9 Å². The molecule has 2 N–H and O–H groups in total. The summed E-state index contributed by atoms with van der Waals surface area (Å²) in [5, 5.41) is 6.05. The largest absolute Gasteiger partial charge is 0.497 e. The van der Waals surface area contributed by atoms with Crippen molar-refractivity contribution >= 4 is 29.7 Å². The Balaban J connectivity index is 0.00000264. The van der Waals surface area contributed by atoms with Crippen molar-refractivity contribution in [2.75, 3.05) is 20.7 Å². The van der Waals surface area contributed by atoms with Gasteiger partial charge in [0.2, 0.25) is 0 Å². The zero-order valence-corrected chi connectivity index (χ0v) is 15.4. The molecule has 0 spiro atoms. The van der Waals surface area contributed by atoms with E-state index in [1.807, 2.05) is 51.2 Å². The van der Waals surface area contributed by atoms with Gasteiger partial charge in [0.05, 0.1) is 12.0 Å². The molecular weight excluding hydrogens is 332 g/mol.